The largest absolute Gasteiger partial charge is 0.454 e. The maximum absolute atomic E-state index is 12.8. The second kappa shape index (κ2) is 9.55. The predicted molar refractivity (Wildman–Crippen MR) is 114 cm³/mol. The van der Waals surface area contributed by atoms with Crippen molar-refractivity contribution in [3.8, 4) is 17.2 Å². The minimum Gasteiger partial charge on any atom is -0.454 e. The summed E-state index contributed by atoms with van der Waals surface area (Å²) in [6, 6.07) is 11.3. The Morgan fingerprint density at radius 2 is 1.97 bits per heavy atom. The maximum atomic E-state index is 12.8. The molecule has 0 unspecified atom stereocenters. The topological polar surface area (TPSA) is 79.9 Å². The molecule has 3 N–H and O–H groups in total. The van der Waals surface area contributed by atoms with Crippen molar-refractivity contribution < 1.29 is 23.0 Å². The second-order valence-corrected chi connectivity index (χ2v) is 7.01. The number of rotatable bonds is 8. The van der Waals surface area contributed by atoms with Crippen LogP contribution in [0, 0.1) is 0 Å². The molecule has 0 atom stereocenters. The van der Waals surface area contributed by atoms with E-state index in [0.717, 1.165) is 18.4 Å². The molecule has 0 aliphatic carbocycles. The second-order valence-electron chi connectivity index (χ2n) is 7.01. The van der Waals surface area contributed by atoms with E-state index in [-0.39, 0.29) is 19.1 Å². The number of aromatic amines is 1. The molecule has 0 saturated carbocycles. The molecule has 164 valence electrons. The van der Waals surface area contributed by atoms with Crippen molar-refractivity contribution in [1.82, 2.24) is 15.6 Å². The molecular weight excluding hydrogens is 406 g/mol. The molecular formula is C22H24F2N4O3. The number of alkyl halides is 2. The zero-order chi connectivity index (χ0) is 21.6. The van der Waals surface area contributed by atoms with Gasteiger partial charge in [0.25, 0.3) is 0 Å². The average molecular weight is 430 g/mol. The lowest BCUT2D eigenvalue weighted by Gasteiger charge is -2.15. The fourth-order valence-electron chi connectivity index (χ4n) is 3.53. The number of aryl methyl sites for hydroxylation is 1. The van der Waals surface area contributed by atoms with Gasteiger partial charge in [-0.3, -0.25) is 4.99 Å². The third-order valence-electron chi connectivity index (χ3n) is 5.03. The van der Waals surface area contributed by atoms with E-state index in [0.29, 0.717) is 29.6 Å². The highest BCUT2D eigenvalue weighted by Gasteiger charge is 2.20. The number of hydrogen-bond acceptors (Lipinski definition) is 4. The molecule has 2 aromatic carbocycles. The first-order valence-electron chi connectivity index (χ1n) is 10.0. The van der Waals surface area contributed by atoms with Crippen LogP contribution in [-0.4, -0.2) is 37.9 Å². The summed E-state index contributed by atoms with van der Waals surface area (Å²) in [4.78, 5) is 7.48. The highest BCUT2D eigenvalue weighted by Crippen LogP contribution is 2.38. The van der Waals surface area contributed by atoms with Crippen LogP contribution in [0.5, 0.6) is 17.2 Å². The van der Waals surface area contributed by atoms with Gasteiger partial charge < -0.3 is 29.8 Å². The molecule has 1 aromatic heterocycles. The molecule has 0 amide bonds. The van der Waals surface area contributed by atoms with E-state index in [4.69, 9.17) is 9.47 Å². The van der Waals surface area contributed by atoms with Gasteiger partial charge >= 0.3 is 6.61 Å². The lowest BCUT2D eigenvalue weighted by Crippen LogP contribution is -2.37. The maximum Gasteiger partial charge on any atom is 0.387 e. The summed E-state index contributed by atoms with van der Waals surface area (Å²) < 4.78 is 40.8. The van der Waals surface area contributed by atoms with Crippen LogP contribution in [0.15, 0.2) is 47.6 Å². The fourth-order valence-corrected chi connectivity index (χ4v) is 3.53. The van der Waals surface area contributed by atoms with Gasteiger partial charge in [-0.25, -0.2) is 0 Å². The number of nitrogens with one attached hydrogen (secondary N) is 3. The summed E-state index contributed by atoms with van der Waals surface area (Å²) in [5.74, 6) is 1.50. The summed E-state index contributed by atoms with van der Waals surface area (Å²) in [5.41, 5.74) is 2.93. The van der Waals surface area contributed by atoms with Crippen LogP contribution in [0.3, 0.4) is 0 Å². The van der Waals surface area contributed by atoms with Gasteiger partial charge in [0.15, 0.2) is 17.5 Å². The number of hydrogen-bond donors (Lipinski definition) is 3. The van der Waals surface area contributed by atoms with Crippen molar-refractivity contribution in [3.05, 3.63) is 53.7 Å². The molecule has 0 fully saturated rings. The molecule has 9 heteroatoms. The predicted octanol–water partition coefficient (Wildman–Crippen LogP) is 3.80. The van der Waals surface area contributed by atoms with Crippen molar-refractivity contribution in [2.75, 3.05) is 20.4 Å². The Morgan fingerprint density at radius 3 is 2.77 bits per heavy atom. The van der Waals surface area contributed by atoms with Gasteiger partial charge in [-0.2, -0.15) is 8.78 Å². The first-order valence-corrected chi connectivity index (χ1v) is 10.0. The fraction of sp³-hybridized carbons (Fsp3) is 0.318. The summed E-state index contributed by atoms with van der Waals surface area (Å²) in [6.45, 7) is -1.93. The number of aromatic nitrogens is 1. The number of ether oxygens (including phenoxy) is 3. The van der Waals surface area contributed by atoms with Gasteiger partial charge in [-0.15, -0.1) is 0 Å². The summed E-state index contributed by atoms with van der Waals surface area (Å²) >= 11 is 0. The standard InChI is InChI=1S/C22H24F2N4O3/c1-25-22(26-8-4-5-14-11-27-17-7-3-2-6-16(14)17)28-12-15-9-19-20(30-13-29-19)10-18(15)31-21(23)24/h2-3,6-7,9-11,21,27H,4-5,8,12-13H2,1H3,(H2,25,26,28). The number of benzene rings is 2. The van der Waals surface area contributed by atoms with Crippen molar-refractivity contribution in [1.29, 1.82) is 0 Å². The molecule has 0 spiro atoms. The third kappa shape index (κ3) is 4.99. The first-order chi connectivity index (χ1) is 15.1. The average Bonchev–Trinajstić information content (AvgIpc) is 3.39. The summed E-state index contributed by atoms with van der Waals surface area (Å²) in [5, 5.41) is 7.61. The van der Waals surface area contributed by atoms with Gasteiger partial charge in [0.05, 0.1) is 0 Å². The lowest BCUT2D eigenvalue weighted by atomic mass is 10.1. The van der Waals surface area contributed by atoms with Crippen molar-refractivity contribution >= 4 is 16.9 Å². The Morgan fingerprint density at radius 1 is 1.16 bits per heavy atom. The Hall–Kier alpha value is -3.49. The quantitative estimate of drug-likeness (QED) is 0.288. The van der Waals surface area contributed by atoms with Gasteiger partial charge in [-0.05, 0) is 30.5 Å². The van der Waals surface area contributed by atoms with Gasteiger partial charge in [0.1, 0.15) is 5.75 Å². The Kier molecular flexibility index (Phi) is 6.40. The van der Waals surface area contributed by atoms with Gasteiger partial charge in [0, 0.05) is 48.9 Å². The molecule has 4 rings (SSSR count). The van der Waals surface area contributed by atoms with Crippen LogP contribution >= 0.6 is 0 Å². The van der Waals surface area contributed by atoms with Crippen molar-refractivity contribution in [2.45, 2.75) is 26.0 Å². The first kappa shape index (κ1) is 20.8. The molecule has 7 nitrogen and oxygen atoms in total. The number of H-pyrrole nitrogens is 1. The Balaban J connectivity index is 1.30. The minimum absolute atomic E-state index is 0.0431. The number of guanidine groups is 1. The van der Waals surface area contributed by atoms with E-state index >= 15 is 0 Å². The van der Waals surface area contributed by atoms with Gasteiger partial charge in [-0.1, -0.05) is 18.2 Å². The highest BCUT2D eigenvalue weighted by molar-refractivity contribution is 5.83. The molecule has 31 heavy (non-hydrogen) atoms. The Bertz CT molecular complexity index is 1070. The summed E-state index contributed by atoms with van der Waals surface area (Å²) in [7, 11) is 1.66. The van der Waals surface area contributed by atoms with Crippen LogP contribution in [0.2, 0.25) is 0 Å². The van der Waals surface area contributed by atoms with Crippen molar-refractivity contribution in [3.63, 3.8) is 0 Å². The number of halogens is 2. The highest BCUT2D eigenvalue weighted by atomic mass is 19.3. The lowest BCUT2D eigenvalue weighted by molar-refractivity contribution is -0.0505. The van der Waals surface area contributed by atoms with E-state index in [1.807, 2.05) is 18.3 Å². The van der Waals surface area contributed by atoms with Crippen LogP contribution in [0.1, 0.15) is 17.5 Å². The van der Waals surface area contributed by atoms with Crippen LogP contribution in [-0.2, 0) is 13.0 Å². The van der Waals surface area contributed by atoms with Crippen LogP contribution in [0.4, 0.5) is 8.78 Å². The van der Waals surface area contributed by atoms with Gasteiger partial charge in [0.2, 0.25) is 6.79 Å². The molecule has 0 radical (unpaired) electrons. The van der Waals surface area contributed by atoms with Crippen LogP contribution < -0.4 is 24.8 Å². The number of para-hydroxylation sites is 1. The van der Waals surface area contributed by atoms with Crippen molar-refractivity contribution in [2.24, 2.45) is 4.99 Å². The normalized spacial score (nSPS) is 13.1. The molecule has 0 bridgehead atoms. The Labute approximate surface area is 178 Å². The number of nitrogens with zero attached hydrogens (tertiary/aromatic N) is 1. The molecule has 2 heterocycles. The molecule has 3 aromatic rings. The minimum atomic E-state index is -2.93. The van der Waals surface area contributed by atoms with E-state index in [9.17, 15) is 8.78 Å². The number of fused-ring (bicyclic) bond motifs is 2. The molecule has 0 saturated heterocycles. The van der Waals surface area contributed by atoms with E-state index in [2.05, 4.69) is 37.5 Å². The van der Waals surface area contributed by atoms with E-state index < -0.39 is 6.61 Å². The summed E-state index contributed by atoms with van der Waals surface area (Å²) in [6.07, 6.45) is 3.87. The van der Waals surface area contributed by atoms with E-state index in [1.54, 1.807) is 13.1 Å². The SMILES string of the molecule is CN=C(NCCCc1c[nH]c2ccccc12)NCc1cc2c(cc1OC(F)F)OCO2. The van der Waals surface area contributed by atoms with E-state index in [1.165, 1.54) is 17.0 Å². The molecule has 1 aliphatic rings. The zero-order valence-electron chi connectivity index (χ0n) is 17.1. The monoisotopic (exact) mass is 430 g/mol. The smallest absolute Gasteiger partial charge is 0.387 e. The zero-order valence-corrected chi connectivity index (χ0v) is 17.1. The third-order valence-corrected chi connectivity index (χ3v) is 5.03. The number of aliphatic imine (C=N–C) groups is 1. The van der Waals surface area contributed by atoms with Crippen LogP contribution in [0.25, 0.3) is 10.9 Å². The molecule has 1 aliphatic heterocycles.